The highest BCUT2D eigenvalue weighted by Gasteiger charge is 2.14. The summed E-state index contributed by atoms with van der Waals surface area (Å²) in [6.07, 6.45) is 3.24. The van der Waals surface area contributed by atoms with Gasteiger partial charge in [-0.1, -0.05) is 6.07 Å². The Morgan fingerprint density at radius 2 is 2.55 bits per heavy atom. The molecule has 0 saturated carbocycles. The zero-order valence-electron chi connectivity index (χ0n) is 6.40. The standard InChI is InChI=1S/C7H10BNO2/c1-2-11-8(10)7-4-3-5-9-6-7/h3-6,10H,2H2,1H3. The van der Waals surface area contributed by atoms with Crippen LogP contribution in [-0.4, -0.2) is 23.7 Å². The minimum Gasteiger partial charge on any atom is -0.423 e. The van der Waals surface area contributed by atoms with Crippen LogP contribution in [0.3, 0.4) is 0 Å². The Morgan fingerprint density at radius 1 is 1.73 bits per heavy atom. The van der Waals surface area contributed by atoms with Gasteiger partial charge in [0.05, 0.1) is 0 Å². The van der Waals surface area contributed by atoms with E-state index >= 15 is 0 Å². The second-order valence-corrected chi connectivity index (χ2v) is 2.09. The van der Waals surface area contributed by atoms with Crippen LogP contribution in [0, 0.1) is 0 Å². The van der Waals surface area contributed by atoms with Gasteiger partial charge in [0.1, 0.15) is 0 Å². The highest BCUT2D eigenvalue weighted by Crippen LogP contribution is 1.84. The first kappa shape index (κ1) is 8.23. The van der Waals surface area contributed by atoms with Crippen LogP contribution in [0.5, 0.6) is 0 Å². The molecule has 1 heterocycles. The average molecular weight is 151 g/mol. The van der Waals surface area contributed by atoms with Crippen molar-refractivity contribution in [1.29, 1.82) is 0 Å². The van der Waals surface area contributed by atoms with Gasteiger partial charge in [-0.05, 0) is 13.0 Å². The largest absolute Gasteiger partial charge is 0.492 e. The Hall–Kier alpha value is -0.865. The van der Waals surface area contributed by atoms with Gasteiger partial charge in [-0.2, -0.15) is 0 Å². The lowest BCUT2D eigenvalue weighted by molar-refractivity contribution is 0.287. The molecule has 0 unspecified atom stereocenters. The van der Waals surface area contributed by atoms with Gasteiger partial charge in [0, 0.05) is 24.5 Å². The van der Waals surface area contributed by atoms with Crippen LogP contribution in [0.1, 0.15) is 6.92 Å². The summed E-state index contributed by atoms with van der Waals surface area (Å²) in [5.74, 6) is 0. The van der Waals surface area contributed by atoms with E-state index in [1.165, 1.54) is 0 Å². The third kappa shape index (κ3) is 2.33. The van der Waals surface area contributed by atoms with E-state index in [0.29, 0.717) is 12.1 Å². The maximum absolute atomic E-state index is 9.26. The Kier molecular flexibility index (Phi) is 3.07. The van der Waals surface area contributed by atoms with Crippen LogP contribution < -0.4 is 5.46 Å². The molecule has 1 aromatic heterocycles. The molecule has 0 aliphatic rings. The van der Waals surface area contributed by atoms with Crippen LogP contribution in [0.25, 0.3) is 0 Å². The second kappa shape index (κ2) is 4.11. The zero-order valence-corrected chi connectivity index (χ0v) is 6.40. The van der Waals surface area contributed by atoms with E-state index in [1.54, 1.807) is 24.5 Å². The molecule has 0 aliphatic carbocycles. The number of pyridine rings is 1. The fourth-order valence-electron chi connectivity index (χ4n) is 0.776. The summed E-state index contributed by atoms with van der Waals surface area (Å²) in [5.41, 5.74) is 0.689. The summed E-state index contributed by atoms with van der Waals surface area (Å²) in [5, 5.41) is 9.26. The van der Waals surface area contributed by atoms with Crippen LogP contribution in [0.4, 0.5) is 0 Å². The molecule has 0 aromatic carbocycles. The maximum Gasteiger partial charge on any atom is 0.492 e. The minimum absolute atomic E-state index is 0.496. The molecule has 1 rings (SSSR count). The Labute approximate surface area is 66.2 Å². The molecule has 1 aromatic rings. The Morgan fingerprint density at radius 3 is 3.09 bits per heavy atom. The lowest BCUT2D eigenvalue weighted by Crippen LogP contribution is -2.33. The summed E-state index contributed by atoms with van der Waals surface area (Å²) in [4.78, 5) is 3.85. The molecule has 0 radical (unpaired) electrons. The molecule has 0 amide bonds. The van der Waals surface area contributed by atoms with Crippen molar-refractivity contribution in [2.45, 2.75) is 6.92 Å². The zero-order chi connectivity index (χ0) is 8.10. The van der Waals surface area contributed by atoms with Crippen LogP contribution in [0.15, 0.2) is 24.5 Å². The first-order valence-electron chi connectivity index (χ1n) is 3.54. The molecule has 11 heavy (non-hydrogen) atoms. The van der Waals surface area contributed by atoms with Gasteiger partial charge in [0.2, 0.25) is 0 Å². The van der Waals surface area contributed by atoms with Gasteiger partial charge >= 0.3 is 7.12 Å². The van der Waals surface area contributed by atoms with E-state index in [9.17, 15) is 5.02 Å². The summed E-state index contributed by atoms with van der Waals surface area (Å²) >= 11 is 0. The number of aromatic nitrogens is 1. The van der Waals surface area contributed by atoms with Gasteiger partial charge in [0.15, 0.2) is 0 Å². The second-order valence-electron chi connectivity index (χ2n) is 2.09. The van der Waals surface area contributed by atoms with E-state index in [4.69, 9.17) is 4.65 Å². The van der Waals surface area contributed by atoms with Crippen molar-refractivity contribution in [3.8, 4) is 0 Å². The van der Waals surface area contributed by atoms with E-state index < -0.39 is 7.12 Å². The highest BCUT2D eigenvalue weighted by atomic mass is 16.5. The number of rotatable bonds is 3. The van der Waals surface area contributed by atoms with Crippen LogP contribution >= 0.6 is 0 Å². The summed E-state index contributed by atoms with van der Waals surface area (Å²) in [6, 6.07) is 3.53. The molecule has 0 saturated heterocycles. The lowest BCUT2D eigenvalue weighted by Gasteiger charge is -2.03. The molecule has 0 fully saturated rings. The average Bonchev–Trinajstić information content (AvgIpc) is 2.07. The Bertz CT molecular complexity index is 205. The van der Waals surface area contributed by atoms with E-state index in [0.717, 1.165) is 0 Å². The van der Waals surface area contributed by atoms with Crippen molar-refractivity contribution in [1.82, 2.24) is 4.98 Å². The quantitative estimate of drug-likeness (QED) is 0.608. The highest BCUT2D eigenvalue weighted by molar-refractivity contribution is 6.59. The number of hydrogen-bond acceptors (Lipinski definition) is 3. The van der Waals surface area contributed by atoms with E-state index in [-0.39, 0.29) is 0 Å². The topological polar surface area (TPSA) is 42.4 Å². The van der Waals surface area contributed by atoms with Gasteiger partial charge in [-0.25, -0.2) is 0 Å². The van der Waals surface area contributed by atoms with Crippen LogP contribution in [0.2, 0.25) is 0 Å². The molecular formula is C7H10BNO2. The Balaban J connectivity index is 2.61. The molecule has 0 bridgehead atoms. The molecule has 0 atom stereocenters. The summed E-state index contributed by atoms with van der Waals surface area (Å²) in [6.45, 7) is 2.33. The van der Waals surface area contributed by atoms with Gasteiger partial charge in [-0.3, -0.25) is 4.98 Å². The van der Waals surface area contributed by atoms with Crippen LogP contribution in [-0.2, 0) is 4.65 Å². The normalized spacial score (nSPS) is 9.64. The predicted molar refractivity (Wildman–Crippen MR) is 43.5 cm³/mol. The van der Waals surface area contributed by atoms with E-state index in [1.807, 2.05) is 6.92 Å². The lowest BCUT2D eigenvalue weighted by atomic mass is 9.81. The van der Waals surface area contributed by atoms with E-state index in [2.05, 4.69) is 4.98 Å². The van der Waals surface area contributed by atoms with Crippen molar-refractivity contribution in [3.05, 3.63) is 24.5 Å². The summed E-state index contributed by atoms with van der Waals surface area (Å²) < 4.78 is 4.94. The third-order valence-corrected chi connectivity index (χ3v) is 1.29. The van der Waals surface area contributed by atoms with Crippen molar-refractivity contribution >= 4 is 12.6 Å². The van der Waals surface area contributed by atoms with Crippen molar-refractivity contribution < 1.29 is 9.68 Å². The fourth-order valence-corrected chi connectivity index (χ4v) is 0.776. The van der Waals surface area contributed by atoms with Gasteiger partial charge in [0.25, 0.3) is 0 Å². The van der Waals surface area contributed by atoms with Gasteiger partial charge < -0.3 is 9.68 Å². The predicted octanol–water partition coefficient (Wildman–Crippen LogP) is -0.194. The fraction of sp³-hybridized carbons (Fsp3) is 0.286. The first-order chi connectivity index (χ1) is 5.34. The molecule has 4 heteroatoms. The molecule has 1 N–H and O–H groups in total. The monoisotopic (exact) mass is 151 g/mol. The third-order valence-electron chi connectivity index (χ3n) is 1.29. The van der Waals surface area contributed by atoms with Gasteiger partial charge in [-0.15, -0.1) is 0 Å². The number of nitrogens with zero attached hydrogens (tertiary/aromatic N) is 1. The van der Waals surface area contributed by atoms with Crippen molar-refractivity contribution in [2.75, 3.05) is 6.61 Å². The minimum atomic E-state index is -0.839. The number of hydrogen-bond donors (Lipinski definition) is 1. The van der Waals surface area contributed by atoms with Crippen molar-refractivity contribution in [3.63, 3.8) is 0 Å². The molecule has 0 aliphatic heterocycles. The molecular weight excluding hydrogens is 141 g/mol. The SMILES string of the molecule is CCOB(O)c1cccnc1. The summed E-state index contributed by atoms with van der Waals surface area (Å²) in [7, 11) is -0.839. The first-order valence-corrected chi connectivity index (χ1v) is 3.54. The maximum atomic E-state index is 9.26. The molecule has 58 valence electrons. The van der Waals surface area contributed by atoms with Crippen molar-refractivity contribution in [2.24, 2.45) is 0 Å². The molecule has 0 spiro atoms. The molecule has 3 nitrogen and oxygen atoms in total. The smallest absolute Gasteiger partial charge is 0.423 e.